The Kier molecular flexibility index (Phi) is 5.83. The predicted molar refractivity (Wildman–Crippen MR) is 127 cm³/mol. The molecule has 0 N–H and O–H groups in total. The quantitative estimate of drug-likeness (QED) is 0.405. The molecule has 4 aliphatic rings. The van der Waals surface area contributed by atoms with Gasteiger partial charge < -0.3 is 0 Å². The van der Waals surface area contributed by atoms with Gasteiger partial charge in [0.25, 0.3) is 0 Å². The van der Waals surface area contributed by atoms with Gasteiger partial charge in [0, 0.05) is 0 Å². The van der Waals surface area contributed by atoms with Crippen LogP contribution >= 0.6 is 0 Å². The van der Waals surface area contributed by atoms with Crippen LogP contribution in [0.15, 0.2) is 11.6 Å². The highest BCUT2D eigenvalue weighted by Crippen LogP contribution is 2.72. The van der Waals surface area contributed by atoms with E-state index in [4.69, 9.17) is 0 Å². The van der Waals surface area contributed by atoms with Crippen molar-refractivity contribution < 1.29 is 0 Å². The highest BCUT2D eigenvalue weighted by molar-refractivity contribution is 5.28. The molecule has 3 saturated carbocycles. The Morgan fingerprint density at radius 2 is 1.69 bits per heavy atom. The number of hydrogen-bond acceptors (Lipinski definition) is 0. The third-order valence-corrected chi connectivity index (χ3v) is 11.4. The lowest BCUT2D eigenvalue weighted by molar-refractivity contribution is -0.115. The first-order valence-corrected chi connectivity index (χ1v) is 13.3. The van der Waals surface area contributed by atoms with Crippen LogP contribution < -0.4 is 0 Å². The molecule has 8 unspecified atom stereocenters. The topological polar surface area (TPSA) is 0 Å². The molecule has 0 heteroatoms. The summed E-state index contributed by atoms with van der Waals surface area (Å²) >= 11 is 0. The van der Waals surface area contributed by atoms with E-state index >= 15 is 0 Å². The summed E-state index contributed by atoms with van der Waals surface area (Å²) in [5.74, 6) is 5.60. The summed E-state index contributed by atoms with van der Waals surface area (Å²) in [6.45, 7) is 18.0. The Morgan fingerprint density at radius 3 is 2.41 bits per heavy atom. The lowest BCUT2D eigenvalue weighted by atomic mass is 9.40. The number of allylic oxidation sites excluding steroid dienone is 2. The molecular weight excluding hydrogens is 348 g/mol. The lowest BCUT2D eigenvalue weighted by Crippen LogP contribution is -2.56. The summed E-state index contributed by atoms with van der Waals surface area (Å²) in [5, 5.41) is 0. The maximum Gasteiger partial charge on any atom is -0.00596 e. The first-order valence-electron chi connectivity index (χ1n) is 13.3. The molecule has 0 amide bonds. The van der Waals surface area contributed by atoms with Crippen LogP contribution in [0.5, 0.6) is 0 Å². The van der Waals surface area contributed by atoms with Crippen LogP contribution in [0.2, 0.25) is 0 Å². The molecule has 0 aliphatic heterocycles. The van der Waals surface area contributed by atoms with Crippen molar-refractivity contribution in [2.24, 2.45) is 51.8 Å². The molecule has 0 heterocycles. The second-order valence-corrected chi connectivity index (χ2v) is 13.3. The van der Waals surface area contributed by atoms with Crippen molar-refractivity contribution in [3.05, 3.63) is 11.6 Å². The minimum Gasteiger partial charge on any atom is -0.0844 e. The van der Waals surface area contributed by atoms with Crippen molar-refractivity contribution in [3.8, 4) is 0 Å². The largest absolute Gasteiger partial charge is 0.0844 e. The van der Waals surface area contributed by atoms with Crippen molar-refractivity contribution in [2.45, 2.75) is 119 Å². The molecule has 0 bridgehead atoms. The van der Waals surface area contributed by atoms with Crippen LogP contribution in [-0.4, -0.2) is 0 Å². The van der Waals surface area contributed by atoms with Gasteiger partial charge in [0.1, 0.15) is 0 Å². The molecule has 0 saturated heterocycles. The van der Waals surface area contributed by atoms with Crippen LogP contribution in [0, 0.1) is 51.8 Å². The molecule has 29 heavy (non-hydrogen) atoms. The van der Waals surface area contributed by atoms with Gasteiger partial charge in [-0.15, -0.1) is 0 Å². The first kappa shape index (κ1) is 22.0. The molecular formula is C29H50. The van der Waals surface area contributed by atoms with Gasteiger partial charge in [-0.1, -0.05) is 79.4 Å². The van der Waals surface area contributed by atoms with Crippen molar-refractivity contribution in [2.75, 3.05) is 0 Å². The molecule has 0 nitrogen and oxygen atoms in total. The van der Waals surface area contributed by atoms with Crippen LogP contribution in [0.1, 0.15) is 119 Å². The fraction of sp³-hybridized carbons (Fsp3) is 0.931. The van der Waals surface area contributed by atoms with E-state index in [0.29, 0.717) is 16.2 Å². The molecule has 0 aromatic carbocycles. The average molecular weight is 399 g/mol. The van der Waals surface area contributed by atoms with Gasteiger partial charge in [0.15, 0.2) is 0 Å². The van der Waals surface area contributed by atoms with E-state index in [0.717, 1.165) is 35.5 Å². The fourth-order valence-electron chi connectivity index (χ4n) is 9.21. The summed E-state index contributed by atoms with van der Waals surface area (Å²) in [7, 11) is 0. The zero-order chi connectivity index (χ0) is 21.0. The Bertz CT molecular complexity index is 628. The number of fused-ring (bicyclic) bond motifs is 5. The van der Waals surface area contributed by atoms with Crippen LogP contribution in [0.25, 0.3) is 0 Å². The minimum atomic E-state index is 0.491. The molecule has 0 aromatic heterocycles. The van der Waals surface area contributed by atoms with E-state index in [1.165, 1.54) is 70.6 Å². The molecule has 0 radical (unpaired) electrons. The molecule has 0 aromatic rings. The van der Waals surface area contributed by atoms with Crippen molar-refractivity contribution in [1.82, 2.24) is 0 Å². The third-order valence-electron chi connectivity index (χ3n) is 11.4. The highest BCUT2D eigenvalue weighted by Gasteiger charge is 2.63. The summed E-state index contributed by atoms with van der Waals surface area (Å²) < 4.78 is 0. The number of hydrogen-bond donors (Lipinski definition) is 0. The molecule has 4 rings (SSSR count). The molecule has 0 spiro atoms. The smallest absolute Gasteiger partial charge is 0.00596 e. The fourth-order valence-corrected chi connectivity index (χ4v) is 9.21. The van der Waals surface area contributed by atoms with Gasteiger partial charge in [-0.2, -0.15) is 0 Å². The standard InChI is InChI=1S/C29H50/c1-20(2)9-8-10-22(4)24-13-14-25-26-12-11-23-19-21(3)15-16-28(23,6)29(26,7)18-17-27(24,25)5/h11,20-22,24-26H,8-10,12-19H2,1-7H3. The van der Waals surface area contributed by atoms with Gasteiger partial charge in [-0.25, -0.2) is 0 Å². The van der Waals surface area contributed by atoms with E-state index in [1.54, 1.807) is 0 Å². The summed E-state index contributed by atoms with van der Waals surface area (Å²) in [5.41, 5.74) is 3.52. The Hall–Kier alpha value is -0.260. The average Bonchev–Trinajstić information content (AvgIpc) is 3.00. The number of rotatable bonds is 5. The van der Waals surface area contributed by atoms with Gasteiger partial charge in [0.05, 0.1) is 0 Å². The zero-order valence-corrected chi connectivity index (χ0v) is 20.8. The van der Waals surface area contributed by atoms with Crippen molar-refractivity contribution >= 4 is 0 Å². The normalized spacial score (nSPS) is 47.9. The molecule has 8 atom stereocenters. The highest BCUT2D eigenvalue weighted by atomic mass is 14.7. The maximum atomic E-state index is 2.76. The maximum absolute atomic E-state index is 2.76. The van der Waals surface area contributed by atoms with Crippen LogP contribution in [0.3, 0.4) is 0 Å². The Morgan fingerprint density at radius 1 is 0.931 bits per heavy atom. The zero-order valence-electron chi connectivity index (χ0n) is 20.8. The van der Waals surface area contributed by atoms with Crippen molar-refractivity contribution in [3.63, 3.8) is 0 Å². The van der Waals surface area contributed by atoms with Crippen LogP contribution in [0.4, 0.5) is 0 Å². The van der Waals surface area contributed by atoms with E-state index in [2.05, 4.69) is 54.5 Å². The molecule has 4 aliphatic carbocycles. The third kappa shape index (κ3) is 3.38. The minimum absolute atomic E-state index is 0.491. The summed E-state index contributed by atoms with van der Waals surface area (Å²) in [6, 6.07) is 0. The van der Waals surface area contributed by atoms with Gasteiger partial charge in [0.2, 0.25) is 0 Å². The SMILES string of the molecule is CC(C)CCCC(C)C1CCC2C3CC=C4CC(C)CCC4(C)C3(C)CCC12C. The van der Waals surface area contributed by atoms with Crippen LogP contribution in [-0.2, 0) is 0 Å². The van der Waals surface area contributed by atoms with E-state index in [1.807, 2.05) is 5.57 Å². The van der Waals surface area contributed by atoms with E-state index in [9.17, 15) is 0 Å². The van der Waals surface area contributed by atoms with Gasteiger partial charge in [-0.3, -0.25) is 0 Å². The summed E-state index contributed by atoms with van der Waals surface area (Å²) in [4.78, 5) is 0. The second-order valence-electron chi connectivity index (χ2n) is 13.3. The summed E-state index contributed by atoms with van der Waals surface area (Å²) in [6.07, 6.45) is 18.8. The first-order chi connectivity index (χ1) is 13.6. The monoisotopic (exact) mass is 398 g/mol. The lowest BCUT2D eigenvalue weighted by Gasteiger charge is -2.64. The van der Waals surface area contributed by atoms with Gasteiger partial charge in [-0.05, 0) is 103 Å². The molecule has 166 valence electrons. The second kappa shape index (κ2) is 7.70. The Balaban J connectivity index is 1.54. The van der Waals surface area contributed by atoms with Crippen molar-refractivity contribution in [1.29, 1.82) is 0 Å². The van der Waals surface area contributed by atoms with E-state index < -0.39 is 0 Å². The Labute approximate surface area is 182 Å². The molecule has 3 fully saturated rings. The van der Waals surface area contributed by atoms with E-state index in [-0.39, 0.29) is 0 Å². The van der Waals surface area contributed by atoms with Gasteiger partial charge >= 0.3 is 0 Å². The predicted octanol–water partition coefficient (Wildman–Crippen LogP) is 9.05.